The summed E-state index contributed by atoms with van der Waals surface area (Å²) in [6, 6.07) is 5.64. The van der Waals surface area contributed by atoms with Crippen molar-refractivity contribution in [3.05, 3.63) is 52.3 Å². The van der Waals surface area contributed by atoms with Crippen molar-refractivity contribution in [2.24, 2.45) is 0 Å². The molecule has 8 nitrogen and oxygen atoms in total. The van der Waals surface area contributed by atoms with Crippen LogP contribution in [-0.2, 0) is 11.3 Å². The molecule has 1 atom stereocenters. The number of benzene rings is 1. The maximum absolute atomic E-state index is 12.5. The van der Waals surface area contributed by atoms with Crippen LogP contribution in [-0.4, -0.2) is 27.2 Å². The van der Waals surface area contributed by atoms with Crippen molar-refractivity contribution >= 4 is 11.6 Å². The standard InChI is InChI=1S/C15H16F2N4O4/c1-2-12(11-5-3-4-6-13(11)25-15(16)17)19-14(22)9-20-8-10(7-18-20)21(23)24/h3-8,12,15H,2,9H2,1H3,(H,19,22)/t12-/m0/s1. The third-order valence-corrected chi connectivity index (χ3v) is 3.39. The van der Waals surface area contributed by atoms with Gasteiger partial charge in [0.25, 0.3) is 0 Å². The van der Waals surface area contributed by atoms with Gasteiger partial charge in [-0.1, -0.05) is 25.1 Å². The van der Waals surface area contributed by atoms with E-state index in [-0.39, 0.29) is 18.0 Å². The second-order valence-corrected chi connectivity index (χ2v) is 5.10. The molecule has 25 heavy (non-hydrogen) atoms. The van der Waals surface area contributed by atoms with Gasteiger partial charge in [-0.15, -0.1) is 0 Å². The molecule has 0 bridgehead atoms. The highest BCUT2D eigenvalue weighted by atomic mass is 19.3. The Morgan fingerprint density at radius 3 is 2.76 bits per heavy atom. The Morgan fingerprint density at radius 1 is 1.44 bits per heavy atom. The molecule has 2 aromatic rings. The molecule has 0 aliphatic rings. The highest BCUT2D eigenvalue weighted by Gasteiger charge is 2.19. The van der Waals surface area contributed by atoms with Gasteiger partial charge < -0.3 is 10.1 Å². The SMILES string of the molecule is CC[C@H](NC(=O)Cn1cc([N+](=O)[O-])cn1)c1ccccc1OC(F)F. The van der Waals surface area contributed by atoms with E-state index in [9.17, 15) is 23.7 Å². The Hall–Kier alpha value is -3.04. The van der Waals surface area contributed by atoms with Gasteiger partial charge in [-0.2, -0.15) is 13.9 Å². The first-order chi connectivity index (χ1) is 11.9. The molecular weight excluding hydrogens is 338 g/mol. The van der Waals surface area contributed by atoms with Crippen LogP contribution in [0, 0.1) is 10.1 Å². The summed E-state index contributed by atoms with van der Waals surface area (Å²) in [4.78, 5) is 22.1. The van der Waals surface area contributed by atoms with Gasteiger partial charge in [-0.25, -0.2) is 0 Å². The van der Waals surface area contributed by atoms with Crippen molar-refractivity contribution in [1.82, 2.24) is 15.1 Å². The van der Waals surface area contributed by atoms with Crippen molar-refractivity contribution in [1.29, 1.82) is 0 Å². The van der Waals surface area contributed by atoms with Crippen LogP contribution < -0.4 is 10.1 Å². The van der Waals surface area contributed by atoms with Crippen molar-refractivity contribution < 1.29 is 23.2 Å². The molecule has 0 spiro atoms. The third kappa shape index (κ3) is 4.96. The zero-order valence-electron chi connectivity index (χ0n) is 13.3. The minimum Gasteiger partial charge on any atom is -0.434 e. The molecule has 0 saturated heterocycles. The summed E-state index contributed by atoms with van der Waals surface area (Å²) < 4.78 is 30.6. The largest absolute Gasteiger partial charge is 0.434 e. The summed E-state index contributed by atoms with van der Waals surface area (Å²) in [6.45, 7) is -1.43. The Kier molecular flexibility index (Phi) is 5.98. The molecule has 0 unspecified atom stereocenters. The Balaban J connectivity index is 2.08. The first-order valence-electron chi connectivity index (χ1n) is 7.40. The number of hydrogen-bond acceptors (Lipinski definition) is 5. The van der Waals surface area contributed by atoms with Crippen LogP contribution in [0.5, 0.6) is 5.75 Å². The molecule has 1 aromatic carbocycles. The topological polar surface area (TPSA) is 99.3 Å². The summed E-state index contributed by atoms with van der Waals surface area (Å²) in [5, 5.41) is 17.0. The fourth-order valence-electron chi connectivity index (χ4n) is 2.29. The van der Waals surface area contributed by atoms with E-state index < -0.39 is 23.5 Å². The van der Waals surface area contributed by atoms with E-state index in [0.29, 0.717) is 12.0 Å². The van der Waals surface area contributed by atoms with E-state index in [1.165, 1.54) is 6.07 Å². The fraction of sp³-hybridized carbons (Fsp3) is 0.333. The predicted octanol–water partition coefficient (Wildman–Crippen LogP) is 2.66. The van der Waals surface area contributed by atoms with Crippen LogP contribution in [0.15, 0.2) is 36.7 Å². The number of carbonyl (C=O) groups excluding carboxylic acids is 1. The van der Waals surface area contributed by atoms with Gasteiger partial charge in [-0.3, -0.25) is 19.6 Å². The summed E-state index contributed by atoms with van der Waals surface area (Å²) in [7, 11) is 0. The molecule has 1 amide bonds. The van der Waals surface area contributed by atoms with Crippen LogP contribution >= 0.6 is 0 Å². The number of rotatable bonds is 8. The highest BCUT2D eigenvalue weighted by molar-refractivity contribution is 5.76. The number of nitro groups is 1. The summed E-state index contributed by atoms with van der Waals surface area (Å²) in [5.41, 5.74) is 0.195. The summed E-state index contributed by atoms with van der Waals surface area (Å²) >= 11 is 0. The number of hydrogen-bond donors (Lipinski definition) is 1. The van der Waals surface area contributed by atoms with Crippen LogP contribution in [0.1, 0.15) is 24.9 Å². The number of amides is 1. The summed E-state index contributed by atoms with van der Waals surface area (Å²) in [6.07, 6.45) is 2.61. The zero-order chi connectivity index (χ0) is 18.4. The smallest absolute Gasteiger partial charge is 0.387 e. The summed E-state index contributed by atoms with van der Waals surface area (Å²) in [5.74, 6) is -0.476. The lowest BCUT2D eigenvalue weighted by molar-refractivity contribution is -0.385. The first-order valence-corrected chi connectivity index (χ1v) is 7.40. The van der Waals surface area contributed by atoms with Gasteiger partial charge in [0.2, 0.25) is 5.91 Å². The molecule has 0 fully saturated rings. The molecule has 0 aliphatic carbocycles. The van der Waals surface area contributed by atoms with Gasteiger partial charge in [-0.05, 0) is 12.5 Å². The van der Waals surface area contributed by atoms with Gasteiger partial charge in [0.1, 0.15) is 24.7 Å². The quantitative estimate of drug-likeness (QED) is 0.580. The van der Waals surface area contributed by atoms with E-state index in [4.69, 9.17) is 0 Å². The second kappa shape index (κ2) is 8.18. The molecular formula is C15H16F2N4O4. The Bertz CT molecular complexity index is 751. The number of nitrogens with one attached hydrogen (secondary N) is 1. The predicted molar refractivity (Wildman–Crippen MR) is 83.1 cm³/mol. The Morgan fingerprint density at radius 2 is 2.16 bits per heavy atom. The molecule has 1 N–H and O–H groups in total. The number of halogens is 2. The number of para-hydroxylation sites is 1. The number of ether oxygens (including phenoxy) is 1. The normalized spacial score (nSPS) is 12.0. The average Bonchev–Trinajstić information content (AvgIpc) is 3.01. The molecule has 0 saturated carbocycles. The Labute approximate surface area is 141 Å². The first kappa shape index (κ1) is 18.3. The molecule has 0 aliphatic heterocycles. The van der Waals surface area contributed by atoms with Crippen LogP contribution in [0.4, 0.5) is 14.5 Å². The second-order valence-electron chi connectivity index (χ2n) is 5.10. The minimum absolute atomic E-state index is 0.0145. The third-order valence-electron chi connectivity index (χ3n) is 3.39. The van der Waals surface area contributed by atoms with E-state index >= 15 is 0 Å². The van der Waals surface area contributed by atoms with E-state index in [1.54, 1.807) is 25.1 Å². The minimum atomic E-state index is -2.97. The van der Waals surface area contributed by atoms with Gasteiger partial charge in [0, 0.05) is 5.56 Å². The lowest BCUT2D eigenvalue weighted by atomic mass is 10.0. The molecule has 10 heteroatoms. The maximum atomic E-state index is 12.5. The van der Waals surface area contributed by atoms with Gasteiger partial charge in [0.15, 0.2) is 0 Å². The lowest BCUT2D eigenvalue weighted by Gasteiger charge is -2.20. The van der Waals surface area contributed by atoms with E-state index in [1.807, 2.05) is 0 Å². The molecule has 1 heterocycles. The van der Waals surface area contributed by atoms with Crippen LogP contribution in [0.25, 0.3) is 0 Å². The van der Waals surface area contributed by atoms with Crippen molar-refractivity contribution in [3.63, 3.8) is 0 Å². The van der Waals surface area contributed by atoms with E-state index in [2.05, 4.69) is 15.2 Å². The molecule has 1 aromatic heterocycles. The van der Waals surface area contributed by atoms with Gasteiger partial charge in [0.05, 0.1) is 11.0 Å². The number of aromatic nitrogens is 2. The van der Waals surface area contributed by atoms with Gasteiger partial charge >= 0.3 is 12.3 Å². The van der Waals surface area contributed by atoms with Crippen molar-refractivity contribution in [2.45, 2.75) is 32.5 Å². The molecule has 0 radical (unpaired) electrons. The monoisotopic (exact) mass is 354 g/mol. The van der Waals surface area contributed by atoms with Crippen molar-refractivity contribution in [2.75, 3.05) is 0 Å². The lowest BCUT2D eigenvalue weighted by Crippen LogP contribution is -2.31. The number of nitrogens with zero attached hydrogens (tertiary/aromatic N) is 3. The van der Waals surface area contributed by atoms with Crippen LogP contribution in [0.3, 0.4) is 0 Å². The molecule has 134 valence electrons. The molecule has 2 rings (SSSR count). The average molecular weight is 354 g/mol. The maximum Gasteiger partial charge on any atom is 0.387 e. The number of carbonyl (C=O) groups is 1. The zero-order valence-corrected chi connectivity index (χ0v) is 13.3. The fourth-order valence-corrected chi connectivity index (χ4v) is 2.29. The highest BCUT2D eigenvalue weighted by Crippen LogP contribution is 2.28. The number of alkyl halides is 2. The van der Waals surface area contributed by atoms with E-state index in [0.717, 1.165) is 17.1 Å². The van der Waals surface area contributed by atoms with Crippen molar-refractivity contribution in [3.8, 4) is 5.75 Å². The van der Waals surface area contributed by atoms with Crippen LogP contribution in [0.2, 0.25) is 0 Å².